The zero-order valence-electron chi connectivity index (χ0n) is 18.0. The van der Waals surface area contributed by atoms with Crippen LogP contribution in [0.5, 0.6) is 5.75 Å². The van der Waals surface area contributed by atoms with E-state index >= 15 is 0 Å². The lowest BCUT2D eigenvalue weighted by molar-refractivity contribution is -0.241. The number of nitrogens with zero attached hydrogens (tertiary/aromatic N) is 2. The molecule has 5 nitrogen and oxygen atoms in total. The number of methoxy groups -OCH3 is 1. The number of hydrogen-bond donors (Lipinski definition) is 0. The number of amides is 2. The minimum Gasteiger partial charge on any atom is -0.497 e. The predicted molar refractivity (Wildman–Crippen MR) is 122 cm³/mol. The summed E-state index contributed by atoms with van der Waals surface area (Å²) < 4.78 is 5.34. The van der Waals surface area contributed by atoms with Gasteiger partial charge in [-0.15, -0.1) is 0 Å². The maximum absolute atomic E-state index is 13.9. The molecule has 5 rings (SSSR count). The maximum atomic E-state index is 13.9. The first-order valence-electron chi connectivity index (χ1n) is 11.0. The Labute approximate surface area is 187 Å². The lowest BCUT2D eigenvalue weighted by Crippen LogP contribution is -2.89. The first kappa shape index (κ1) is 20.4. The van der Waals surface area contributed by atoms with E-state index < -0.39 is 5.41 Å². The summed E-state index contributed by atoms with van der Waals surface area (Å²) in [6.45, 7) is 3.20. The molecule has 3 aliphatic rings. The van der Waals surface area contributed by atoms with Gasteiger partial charge in [0.05, 0.1) is 18.7 Å². The van der Waals surface area contributed by atoms with Gasteiger partial charge in [-0.2, -0.15) is 11.8 Å². The van der Waals surface area contributed by atoms with Crippen molar-refractivity contribution in [1.29, 1.82) is 0 Å². The molecule has 2 spiro atoms. The van der Waals surface area contributed by atoms with Crippen LogP contribution in [0.15, 0.2) is 54.6 Å². The fraction of sp³-hybridized carbons (Fsp3) is 0.440. The molecular formula is C25H28N2O3S. The van der Waals surface area contributed by atoms with Gasteiger partial charge in [-0.3, -0.25) is 9.59 Å². The Bertz CT molecular complexity index is 988. The van der Waals surface area contributed by atoms with Crippen LogP contribution in [0.2, 0.25) is 0 Å². The summed E-state index contributed by atoms with van der Waals surface area (Å²) in [4.78, 5) is 31.4. The van der Waals surface area contributed by atoms with Crippen molar-refractivity contribution in [2.45, 2.75) is 37.9 Å². The molecule has 2 aromatic carbocycles. The van der Waals surface area contributed by atoms with Crippen LogP contribution in [0.3, 0.4) is 0 Å². The molecule has 3 aliphatic heterocycles. The summed E-state index contributed by atoms with van der Waals surface area (Å²) in [6, 6.07) is 17.7. The number of benzene rings is 2. The average molecular weight is 437 g/mol. The highest BCUT2D eigenvalue weighted by molar-refractivity contribution is 7.99. The number of β-lactam (4-membered cyclic amide) rings is 2. The van der Waals surface area contributed by atoms with Gasteiger partial charge in [0.15, 0.2) is 5.41 Å². The molecule has 2 amide bonds. The van der Waals surface area contributed by atoms with Crippen molar-refractivity contribution in [1.82, 2.24) is 9.80 Å². The number of carbonyl (C=O) groups excluding carboxylic acids is 2. The van der Waals surface area contributed by atoms with Crippen LogP contribution in [0.25, 0.3) is 0 Å². The predicted octanol–water partition coefficient (Wildman–Crippen LogP) is 3.89. The summed E-state index contributed by atoms with van der Waals surface area (Å²) in [5.41, 5.74) is 0.765. The second-order valence-electron chi connectivity index (χ2n) is 8.60. The third kappa shape index (κ3) is 2.63. The van der Waals surface area contributed by atoms with Gasteiger partial charge in [0.25, 0.3) is 0 Å². The topological polar surface area (TPSA) is 49.9 Å². The third-order valence-electron chi connectivity index (χ3n) is 7.42. The molecule has 162 valence electrons. The quantitative estimate of drug-likeness (QED) is 0.527. The van der Waals surface area contributed by atoms with Gasteiger partial charge in [0.2, 0.25) is 11.8 Å². The smallest absolute Gasteiger partial charge is 0.244 e. The average Bonchev–Trinajstić information content (AvgIpc) is 2.82. The zero-order chi connectivity index (χ0) is 21.6. The van der Waals surface area contributed by atoms with Crippen molar-refractivity contribution in [2.24, 2.45) is 5.41 Å². The molecule has 0 aromatic heterocycles. The number of hydrogen-bond acceptors (Lipinski definition) is 4. The Morgan fingerprint density at radius 3 is 2.29 bits per heavy atom. The van der Waals surface area contributed by atoms with E-state index in [1.165, 1.54) is 0 Å². The van der Waals surface area contributed by atoms with Crippen LogP contribution < -0.4 is 4.74 Å². The molecule has 31 heavy (non-hydrogen) atoms. The van der Waals surface area contributed by atoms with Gasteiger partial charge in [-0.1, -0.05) is 42.5 Å². The third-order valence-corrected chi connectivity index (χ3v) is 8.40. The van der Waals surface area contributed by atoms with Crippen molar-refractivity contribution >= 4 is 23.6 Å². The standard InChI is InChI=1S/C25H28N2O3S/c1-3-27-23(29)25(24(27)13-15-31-16-14-24)21(19-9-11-20(30-2)12-10-19)26(22(25)28)17-18-7-5-4-6-8-18/h4-12,21H,3,13-17H2,1-2H3/t21-,25-/m0/s1. The molecule has 2 atom stereocenters. The maximum Gasteiger partial charge on any atom is 0.244 e. The van der Waals surface area contributed by atoms with Crippen molar-refractivity contribution in [3.63, 3.8) is 0 Å². The highest BCUT2D eigenvalue weighted by Crippen LogP contribution is 2.68. The van der Waals surface area contributed by atoms with Crippen LogP contribution in [0, 0.1) is 5.41 Å². The Kier molecular flexibility index (Phi) is 5.00. The summed E-state index contributed by atoms with van der Waals surface area (Å²) in [6.07, 6.45) is 1.77. The molecule has 3 heterocycles. The van der Waals surface area contributed by atoms with Gasteiger partial charge in [0.1, 0.15) is 5.75 Å². The Balaban J connectivity index is 1.59. The summed E-state index contributed by atoms with van der Waals surface area (Å²) >= 11 is 1.92. The van der Waals surface area contributed by atoms with E-state index in [1.54, 1.807) is 7.11 Å². The second kappa shape index (κ2) is 7.59. The lowest BCUT2D eigenvalue weighted by Gasteiger charge is -2.73. The minimum atomic E-state index is -0.965. The first-order chi connectivity index (χ1) is 15.1. The van der Waals surface area contributed by atoms with Crippen molar-refractivity contribution in [2.75, 3.05) is 25.2 Å². The number of carbonyl (C=O) groups is 2. The van der Waals surface area contributed by atoms with Gasteiger partial charge in [-0.25, -0.2) is 0 Å². The normalized spacial score (nSPS) is 26.7. The van der Waals surface area contributed by atoms with E-state index in [2.05, 4.69) is 0 Å². The molecular weight excluding hydrogens is 408 g/mol. The van der Waals surface area contributed by atoms with Crippen LogP contribution >= 0.6 is 11.8 Å². The van der Waals surface area contributed by atoms with Crippen LogP contribution in [0.1, 0.15) is 36.9 Å². The van der Waals surface area contributed by atoms with Crippen LogP contribution in [-0.2, 0) is 16.1 Å². The van der Waals surface area contributed by atoms with Gasteiger partial charge < -0.3 is 14.5 Å². The minimum absolute atomic E-state index is 0.00114. The highest BCUT2D eigenvalue weighted by Gasteiger charge is 2.83. The van der Waals surface area contributed by atoms with E-state index in [4.69, 9.17) is 4.74 Å². The summed E-state index contributed by atoms with van der Waals surface area (Å²) in [7, 11) is 1.65. The van der Waals surface area contributed by atoms with E-state index in [-0.39, 0.29) is 23.4 Å². The molecule has 6 heteroatoms. The molecule has 3 saturated heterocycles. The Hall–Kier alpha value is -2.47. The Morgan fingerprint density at radius 1 is 1.00 bits per heavy atom. The molecule has 0 saturated carbocycles. The van der Waals surface area contributed by atoms with E-state index in [9.17, 15) is 9.59 Å². The number of likely N-dealkylation sites (tertiary alicyclic amines) is 2. The van der Waals surface area contributed by atoms with Gasteiger partial charge in [-0.05, 0) is 54.5 Å². The van der Waals surface area contributed by atoms with E-state index in [0.717, 1.165) is 41.2 Å². The van der Waals surface area contributed by atoms with Crippen molar-refractivity contribution in [3.05, 3.63) is 65.7 Å². The monoisotopic (exact) mass is 436 g/mol. The lowest BCUT2D eigenvalue weighted by atomic mass is 9.47. The first-order valence-corrected chi connectivity index (χ1v) is 12.1. The molecule has 3 fully saturated rings. The fourth-order valence-electron chi connectivity index (χ4n) is 6.04. The summed E-state index contributed by atoms with van der Waals surface area (Å²) in [5, 5.41) is 0. The molecule has 0 radical (unpaired) electrons. The largest absolute Gasteiger partial charge is 0.497 e. The molecule has 0 N–H and O–H groups in total. The van der Waals surface area contributed by atoms with Crippen LogP contribution in [-0.4, -0.2) is 52.3 Å². The fourth-order valence-corrected chi connectivity index (χ4v) is 7.20. The Morgan fingerprint density at radius 2 is 1.68 bits per heavy atom. The molecule has 0 bridgehead atoms. The van der Waals surface area contributed by atoms with Gasteiger partial charge >= 0.3 is 0 Å². The van der Waals surface area contributed by atoms with E-state index in [0.29, 0.717) is 13.1 Å². The molecule has 0 aliphatic carbocycles. The zero-order valence-corrected chi connectivity index (χ0v) is 18.9. The summed E-state index contributed by atoms with van der Waals surface area (Å²) in [5.74, 6) is 2.77. The van der Waals surface area contributed by atoms with Gasteiger partial charge in [0, 0.05) is 13.1 Å². The van der Waals surface area contributed by atoms with Crippen molar-refractivity contribution < 1.29 is 14.3 Å². The van der Waals surface area contributed by atoms with Crippen molar-refractivity contribution in [3.8, 4) is 5.75 Å². The second-order valence-corrected chi connectivity index (χ2v) is 9.82. The molecule has 2 aromatic rings. The highest BCUT2D eigenvalue weighted by atomic mass is 32.2. The number of ether oxygens (including phenoxy) is 1. The number of thioether (sulfide) groups is 1. The molecule has 0 unspecified atom stereocenters. The SMILES string of the molecule is CCN1C(=O)[C@]2(C(=O)N(Cc3ccccc3)[C@H]2c2ccc(OC)cc2)C12CCSCC2. The number of fused-ring (bicyclic) bond motifs is 1. The van der Waals surface area contributed by atoms with Crippen LogP contribution in [0.4, 0.5) is 0 Å². The van der Waals surface area contributed by atoms with E-state index in [1.807, 2.05) is 83.1 Å². The number of rotatable bonds is 5.